The van der Waals surface area contributed by atoms with Crippen molar-refractivity contribution in [3.63, 3.8) is 0 Å². The van der Waals surface area contributed by atoms with Crippen LogP contribution in [0, 0.1) is 11.3 Å². The SMILES string of the molecule is COCCN1CCCC(C(C)(C)C)[C@H]1C. The number of methoxy groups -OCH3 is 1. The fraction of sp³-hybridized carbons (Fsp3) is 1.00. The van der Waals surface area contributed by atoms with Crippen LogP contribution < -0.4 is 0 Å². The molecule has 0 spiro atoms. The van der Waals surface area contributed by atoms with E-state index in [1.54, 1.807) is 7.11 Å². The first-order chi connectivity index (χ1) is 6.96. The van der Waals surface area contributed by atoms with Crippen LogP contribution in [-0.4, -0.2) is 37.7 Å². The lowest BCUT2D eigenvalue weighted by molar-refractivity contribution is 0.0257. The number of likely N-dealkylation sites (tertiary alicyclic amines) is 1. The van der Waals surface area contributed by atoms with Gasteiger partial charge in [-0.25, -0.2) is 0 Å². The molecule has 2 heteroatoms. The number of hydrogen-bond donors (Lipinski definition) is 0. The summed E-state index contributed by atoms with van der Waals surface area (Å²) in [6, 6.07) is 0.703. The van der Waals surface area contributed by atoms with Gasteiger partial charge in [-0.2, -0.15) is 0 Å². The monoisotopic (exact) mass is 213 g/mol. The number of rotatable bonds is 3. The third-order valence-corrected chi connectivity index (χ3v) is 3.81. The van der Waals surface area contributed by atoms with E-state index in [-0.39, 0.29) is 0 Å². The Bertz CT molecular complexity index is 185. The lowest BCUT2D eigenvalue weighted by atomic mass is 9.72. The van der Waals surface area contributed by atoms with Crippen molar-refractivity contribution in [2.45, 2.75) is 46.6 Å². The third kappa shape index (κ3) is 3.46. The van der Waals surface area contributed by atoms with Gasteiger partial charge in [0.2, 0.25) is 0 Å². The first kappa shape index (κ1) is 13.0. The Morgan fingerprint density at radius 3 is 2.53 bits per heavy atom. The van der Waals surface area contributed by atoms with E-state index in [1.807, 2.05) is 0 Å². The van der Waals surface area contributed by atoms with Crippen LogP contribution >= 0.6 is 0 Å². The zero-order chi connectivity index (χ0) is 11.5. The fourth-order valence-electron chi connectivity index (χ4n) is 2.89. The molecule has 90 valence electrons. The van der Waals surface area contributed by atoms with Crippen molar-refractivity contribution >= 4 is 0 Å². The first-order valence-electron chi connectivity index (χ1n) is 6.20. The van der Waals surface area contributed by atoms with Gasteiger partial charge in [0.25, 0.3) is 0 Å². The van der Waals surface area contributed by atoms with E-state index >= 15 is 0 Å². The molecule has 1 heterocycles. The second-order valence-corrected chi connectivity index (χ2v) is 5.88. The Hall–Kier alpha value is -0.0800. The number of ether oxygens (including phenoxy) is 1. The lowest BCUT2D eigenvalue weighted by Gasteiger charge is -2.45. The summed E-state index contributed by atoms with van der Waals surface area (Å²) in [7, 11) is 1.79. The normalized spacial score (nSPS) is 29.4. The smallest absolute Gasteiger partial charge is 0.0589 e. The summed E-state index contributed by atoms with van der Waals surface area (Å²) in [6.07, 6.45) is 2.73. The molecule has 0 radical (unpaired) electrons. The van der Waals surface area contributed by atoms with Crippen LogP contribution in [0.15, 0.2) is 0 Å². The van der Waals surface area contributed by atoms with Gasteiger partial charge < -0.3 is 4.74 Å². The van der Waals surface area contributed by atoms with Gasteiger partial charge >= 0.3 is 0 Å². The molecule has 0 aromatic rings. The Labute approximate surface area is 95.0 Å². The molecule has 1 aliphatic heterocycles. The van der Waals surface area contributed by atoms with Crippen molar-refractivity contribution in [1.82, 2.24) is 4.90 Å². The topological polar surface area (TPSA) is 12.5 Å². The van der Waals surface area contributed by atoms with Crippen molar-refractivity contribution in [2.24, 2.45) is 11.3 Å². The molecule has 1 fully saturated rings. The predicted octanol–water partition coefficient (Wildman–Crippen LogP) is 2.78. The Kier molecular flexibility index (Phi) is 4.60. The zero-order valence-electron chi connectivity index (χ0n) is 11.0. The Morgan fingerprint density at radius 1 is 1.33 bits per heavy atom. The molecule has 2 atom stereocenters. The van der Waals surface area contributed by atoms with Crippen LogP contribution in [0.1, 0.15) is 40.5 Å². The highest BCUT2D eigenvalue weighted by atomic mass is 16.5. The lowest BCUT2D eigenvalue weighted by Crippen LogP contribution is -2.48. The van der Waals surface area contributed by atoms with Crippen LogP contribution in [0.3, 0.4) is 0 Å². The second kappa shape index (κ2) is 5.31. The highest BCUT2D eigenvalue weighted by molar-refractivity contribution is 4.87. The first-order valence-corrected chi connectivity index (χ1v) is 6.20. The zero-order valence-corrected chi connectivity index (χ0v) is 11.0. The van der Waals surface area contributed by atoms with E-state index in [0.29, 0.717) is 11.5 Å². The molecule has 1 rings (SSSR count). The van der Waals surface area contributed by atoms with Crippen LogP contribution in [0.4, 0.5) is 0 Å². The average Bonchev–Trinajstić information content (AvgIpc) is 2.14. The van der Waals surface area contributed by atoms with Gasteiger partial charge in [-0.05, 0) is 37.6 Å². The van der Waals surface area contributed by atoms with Crippen molar-refractivity contribution in [2.75, 3.05) is 26.8 Å². The molecule has 1 aliphatic rings. The van der Waals surface area contributed by atoms with Crippen LogP contribution in [0.2, 0.25) is 0 Å². The molecular weight excluding hydrogens is 186 g/mol. The van der Waals surface area contributed by atoms with Crippen molar-refractivity contribution in [1.29, 1.82) is 0 Å². The Balaban J connectivity index is 2.55. The van der Waals surface area contributed by atoms with E-state index in [9.17, 15) is 0 Å². The highest BCUT2D eigenvalue weighted by Crippen LogP contribution is 2.37. The van der Waals surface area contributed by atoms with Crippen LogP contribution in [0.5, 0.6) is 0 Å². The molecule has 0 N–H and O–H groups in total. The van der Waals surface area contributed by atoms with Gasteiger partial charge in [0, 0.05) is 19.7 Å². The standard InChI is InChI=1S/C13H27NO/c1-11-12(13(2,3)4)7-6-8-14(11)9-10-15-5/h11-12H,6-10H2,1-5H3/t11-,12?/m1/s1. The summed E-state index contributed by atoms with van der Waals surface area (Å²) >= 11 is 0. The third-order valence-electron chi connectivity index (χ3n) is 3.81. The molecule has 1 unspecified atom stereocenters. The van der Waals surface area contributed by atoms with Crippen molar-refractivity contribution < 1.29 is 4.74 Å². The van der Waals surface area contributed by atoms with Crippen LogP contribution in [-0.2, 0) is 4.74 Å². The minimum atomic E-state index is 0.436. The van der Waals surface area contributed by atoms with Gasteiger partial charge in [0.05, 0.1) is 6.61 Å². The molecule has 0 bridgehead atoms. The van der Waals surface area contributed by atoms with E-state index in [0.717, 1.165) is 19.1 Å². The molecule has 0 aromatic heterocycles. The molecule has 2 nitrogen and oxygen atoms in total. The van der Waals surface area contributed by atoms with E-state index in [2.05, 4.69) is 32.6 Å². The van der Waals surface area contributed by atoms with Gasteiger partial charge in [0.15, 0.2) is 0 Å². The maximum atomic E-state index is 5.17. The summed E-state index contributed by atoms with van der Waals surface area (Å²) < 4.78 is 5.17. The summed E-state index contributed by atoms with van der Waals surface area (Å²) in [6.45, 7) is 12.7. The largest absolute Gasteiger partial charge is 0.383 e. The number of nitrogens with zero attached hydrogens (tertiary/aromatic N) is 1. The molecular formula is C13H27NO. The minimum absolute atomic E-state index is 0.436. The van der Waals surface area contributed by atoms with Gasteiger partial charge in [-0.3, -0.25) is 4.90 Å². The summed E-state index contributed by atoms with van der Waals surface area (Å²) in [5.41, 5.74) is 0.436. The van der Waals surface area contributed by atoms with E-state index < -0.39 is 0 Å². The molecule has 1 saturated heterocycles. The summed E-state index contributed by atoms with van der Waals surface area (Å²) in [5.74, 6) is 0.822. The van der Waals surface area contributed by atoms with Crippen molar-refractivity contribution in [3.8, 4) is 0 Å². The fourth-order valence-corrected chi connectivity index (χ4v) is 2.89. The maximum absolute atomic E-state index is 5.17. The number of piperidine rings is 1. The summed E-state index contributed by atoms with van der Waals surface area (Å²) in [4.78, 5) is 2.59. The molecule has 15 heavy (non-hydrogen) atoms. The summed E-state index contributed by atoms with van der Waals surface area (Å²) in [5, 5.41) is 0. The van der Waals surface area contributed by atoms with Crippen molar-refractivity contribution in [3.05, 3.63) is 0 Å². The van der Waals surface area contributed by atoms with E-state index in [4.69, 9.17) is 4.74 Å². The molecule has 0 saturated carbocycles. The molecule has 0 aromatic carbocycles. The number of hydrogen-bond acceptors (Lipinski definition) is 2. The van der Waals surface area contributed by atoms with Crippen LogP contribution in [0.25, 0.3) is 0 Å². The minimum Gasteiger partial charge on any atom is -0.383 e. The molecule has 0 amide bonds. The Morgan fingerprint density at radius 2 is 2.00 bits per heavy atom. The highest BCUT2D eigenvalue weighted by Gasteiger charge is 2.35. The maximum Gasteiger partial charge on any atom is 0.0589 e. The van der Waals surface area contributed by atoms with Gasteiger partial charge in [-0.15, -0.1) is 0 Å². The second-order valence-electron chi connectivity index (χ2n) is 5.88. The predicted molar refractivity (Wildman–Crippen MR) is 65.1 cm³/mol. The van der Waals surface area contributed by atoms with Gasteiger partial charge in [0.1, 0.15) is 0 Å². The van der Waals surface area contributed by atoms with E-state index in [1.165, 1.54) is 19.4 Å². The molecule has 0 aliphatic carbocycles. The quantitative estimate of drug-likeness (QED) is 0.715. The average molecular weight is 213 g/mol. The van der Waals surface area contributed by atoms with Gasteiger partial charge in [-0.1, -0.05) is 20.8 Å².